The van der Waals surface area contributed by atoms with Crippen LogP contribution < -0.4 is 4.74 Å². The lowest BCUT2D eigenvalue weighted by atomic mass is 10.2. The molecule has 1 aliphatic heterocycles. The minimum absolute atomic E-state index is 0.00985. The van der Waals surface area contributed by atoms with Gasteiger partial charge in [0.15, 0.2) is 0 Å². The van der Waals surface area contributed by atoms with Crippen molar-refractivity contribution in [2.45, 2.75) is 19.5 Å². The van der Waals surface area contributed by atoms with E-state index in [2.05, 4.69) is 9.88 Å². The van der Waals surface area contributed by atoms with Gasteiger partial charge in [0.1, 0.15) is 0 Å². The predicted molar refractivity (Wildman–Crippen MR) is 77.1 cm³/mol. The lowest BCUT2D eigenvalue weighted by Crippen LogP contribution is -2.53. The summed E-state index contributed by atoms with van der Waals surface area (Å²) in [5.74, 6) is 0.602. The van der Waals surface area contributed by atoms with Crippen molar-refractivity contribution in [2.24, 2.45) is 0 Å². The molecule has 0 bridgehead atoms. The summed E-state index contributed by atoms with van der Waals surface area (Å²) in [4.78, 5) is 6.60. The molecule has 0 saturated carbocycles. The number of hydrogen-bond acceptors (Lipinski definition) is 5. The average molecular weight is 299 g/mol. The lowest BCUT2D eigenvalue weighted by Gasteiger charge is -2.38. The zero-order valence-electron chi connectivity index (χ0n) is 12.1. The van der Waals surface area contributed by atoms with Gasteiger partial charge >= 0.3 is 0 Å². The number of sulfonamides is 1. The lowest BCUT2D eigenvalue weighted by molar-refractivity contribution is 0.137. The standard InChI is InChI=1S/C13H21N3O3S/c1-11-9-15(7-8-16(11)20(3,17)18)10-12-5-4-6-13(14-12)19-2/h4-6,11H,7-10H2,1-3H3/t11-/m0/s1. The van der Waals surface area contributed by atoms with Gasteiger partial charge in [-0.2, -0.15) is 4.31 Å². The Hall–Kier alpha value is -1.18. The van der Waals surface area contributed by atoms with Crippen LogP contribution in [0.2, 0.25) is 0 Å². The molecule has 0 unspecified atom stereocenters. The molecule has 1 saturated heterocycles. The second-order valence-electron chi connectivity index (χ2n) is 5.13. The summed E-state index contributed by atoms with van der Waals surface area (Å²) < 4.78 is 29.9. The van der Waals surface area contributed by atoms with E-state index in [0.29, 0.717) is 25.5 Å². The third kappa shape index (κ3) is 3.68. The molecule has 1 fully saturated rings. The minimum Gasteiger partial charge on any atom is -0.481 e. The molecule has 2 rings (SSSR count). The zero-order chi connectivity index (χ0) is 14.8. The van der Waals surface area contributed by atoms with Gasteiger partial charge in [0.25, 0.3) is 0 Å². The third-order valence-corrected chi connectivity index (χ3v) is 4.85. The van der Waals surface area contributed by atoms with Crippen LogP contribution >= 0.6 is 0 Å². The first-order valence-electron chi connectivity index (χ1n) is 6.59. The summed E-state index contributed by atoms with van der Waals surface area (Å²) in [6.07, 6.45) is 1.27. The highest BCUT2D eigenvalue weighted by atomic mass is 32.2. The Morgan fingerprint density at radius 2 is 2.15 bits per heavy atom. The fraction of sp³-hybridized carbons (Fsp3) is 0.615. The van der Waals surface area contributed by atoms with Crippen molar-refractivity contribution in [1.82, 2.24) is 14.2 Å². The smallest absolute Gasteiger partial charge is 0.213 e. The van der Waals surface area contributed by atoms with Crippen molar-refractivity contribution < 1.29 is 13.2 Å². The summed E-state index contributed by atoms with van der Waals surface area (Å²) in [5, 5.41) is 0. The van der Waals surface area contributed by atoms with Crippen molar-refractivity contribution >= 4 is 10.0 Å². The Kier molecular flexibility index (Phi) is 4.62. The topological polar surface area (TPSA) is 62.7 Å². The van der Waals surface area contributed by atoms with Crippen molar-refractivity contribution in [3.63, 3.8) is 0 Å². The van der Waals surface area contributed by atoms with Crippen LogP contribution in [0.1, 0.15) is 12.6 Å². The highest BCUT2D eigenvalue weighted by Crippen LogP contribution is 2.16. The predicted octanol–water partition coefficient (Wildman–Crippen LogP) is 0.556. The van der Waals surface area contributed by atoms with Crippen LogP contribution in [0.3, 0.4) is 0 Å². The Morgan fingerprint density at radius 3 is 2.75 bits per heavy atom. The highest BCUT2D eigenvalue weighted by Gasteiger charge is 2.29. The van der Waals surface area contributed by atoms with Crippen molar-refractivity contribution in [2.75, 3.05) is 33.0 Å². The number of pyridine rings is 1. The van der Waals surface area contributed by atoms with E-state index in [0.717, 1.165) is 12.2 Å². The quantitative estimate of drug-likeness (QED) is 0.813. The summed E-state index contributed by atoms with van der Waals surface area (Å²) in [6, 6.07) is 5.67. The second kappa shape index (κ2) is 6.07. The van der Waals surface area contributed by atoms with Gasteiger partial charge < -0.3 is 4.74 Å². The van der Waals surface area contributed by atoms with E-state index < -0.39 is 10.0 Å². The van der Waals surface area contributed by atoms with Gasteiger partial charge in [-0.25, -0.2) is 13.4 Å². The molecule has 6 nitrogen and oxygen atoms in total. The van der Waals surface area contributed by atoms with Gasteiger partial charge in [-0.1, -0.05) is 6.07 Å². The number of piperazine rings is 1. The number of rotatable bonds is 4. The summed E-state index contributed by atoms with van der Waals surface area (Å²) in [7, 11) is -1.51. The molecule has 0 aromatic carbocycles. The maximum atomic E-state index is 11.6. The Labute approximate surface area is 120 Å². The van der Waals surface area contributed by atoms with Gasteiger partial charge in [0, 0.05) is 38.3 Å². The molecule has 0 aliphatic carbocycles. The largest absolute Gasteiger partial charge is 0.481 e. The molecule has 0 radical (unpaired) electrons. The maximum absolute atomic E-state index is 11.6. The number of nitrogens with zero attached hydrogens (tertiary/aromatic N) is 3. The first-order valence-corrected chi connectivity index (χ1v) is 8.44. The summed E-state index contributed by atoms with van der Waals surface area (Å²) in [5.41, 5.74) is 0.935. The van der Waals surface area contributed by atoms with E-state index in [4.69, 9.17) is 4.74 Å². The van der Waals surface area contributed by atoms with Gasteiger partial charge in [-0.05, 0) is 13.0 Å². The molecule has 7 heteroatoms. The normalized spacial score (nSPS) is 21.9. The van der Waals surface area contributed by atoms with E-state index in [1.807, 2.05) is 25.1 Å². The average Bonchev–Trinajstić information content (AvgIpc) is 2.37. The molecule has 0 amide bonds. The third-order valence-electron chi connectivity index (χ3n) is 3.45. The molecule has 20 heavy (non-hydrogen) atoms. The molecule has 112 valence electrons. The Bertz CT molecular complexity index is 562. The monoisotopic (exact) mass is 299 g/mol. The molecule has 1 aromatic heterocycles. The molecule has 0 N–H and O–H groups in total. The molecule has 1 atom stereocenters. The minimum atomic E-state index is -3.11. The highest BCUT2D eigenvalue weighted by molar-refractivity contribution is 7.88. The molecular formula is C13H21N3O3S. The van der Waals surface area contributed by atoms with Crippen molar-refractivity contribution in [3.05, 3.63) is 23.9 Å². The van der Waals surface area contributed by atoms with E-state index in [1.54, 1.807) is 11.4 Å². The Balaban J connectivity index is 1.99. The molecule has 1 aromatic rings. The molecule has 1 aliphatic rings. The maximum Gasteiger partial charge on any atom is 0.213 e. The Morgan fingerprint density at radius 1 is 1.40 bits per heavy atom. The summed E-state index contributed by atoms with van der Waals surface area (Å²) >= 11 is 0. The SMILES string of the molecule is COc1cccc(CN2CCN(S(C)(=O)=O)[C@@H](C)C2)n1. The van der Waals surface area contributed by atoms with Crippen LogP contribution in [0.25, 0.3) is 0 Å². The van der Waals surface area contributed by atoms with Crippen LogP contribution in [-0.4, -0.2) is 61.6 Å². The van der Waals surface area contributed by atoms with Gasteiger partial charge in [0.05, 0.1) is 19.1 Å². The zero-order valence-corrected chi connectivity index (χ0v) is 12.9. The van der Waals surface area contributed by atoms with Crippen molar-refractivity contribution in [3.8, 4) is 5.88 Å². The van der Waals surface area contributed by atoms with Crippen LogP contribution in [0.4, 0.5) is 0 Å². The summed E-state index contributed by atoms with van der Waals surface area (Å²) in [6.45, 7) is 4.61. The van der Waals surface area contributed by atoms with E-state index in [1.165, 1.54) is 6.26 Å². The van der Waals surface area contributed by atoms with Crippen LogP contribution in [0.15, 0.2) is 18.2 Å². The molecule has 2 heterocycles. The van der Waals surface area contributed by atoms with Crippen LogP contribution in [-0.2, 0) is 16.6 Å². The molecular weight excluding hydrogens is 278 g/mol. The first kappa shape index (κ1) is 15.2. The van der Waals surface area contributed by atoms with Crippen LogP contribution in [0.5, 0.6) is 5.88 Å². The number of methoxy groups -OCH3 is 1. The first-order chi connectivity index (χ1) is 9.40. The van der Waals surface area contributed by atoms with E-state index >= 15 is 0 Å². The van der Waals surface area contributed by atoms with Crippen LogP contribution in [0, 0.1) is 0 Å². The molecule has 0 spiro atoms. The number of ether oxygens (including phenoxy) is 1. The number of aromatic nitrogens is 1. The van der Waals surface area contributed by atoms with Gasteiger partial charge in [0.2, 0.25) is 15.9 Å². The van der Waals surface area contributed by atoms with E-state index in [9.17, 15) is 8.42 Å². The number of hydrogen-bond donors (Lipinski definition) is 0. The van der Waals surface area contributed by atoms with Crippen molar-refractivity contribution in [1.29, 1.82) is 0 Å². The van der Waals surface area contributed by atoms with Gasteiger partial charge in [-0.3, -0.25) is 4.90 Å². The van der Waals surface area contributed by atoms with E-state index in [-0.39, 0.29) is 6.04 Å². The van der Waals surface area contributed by atoms with Gasteiger partial charge in [-0.15, -0.1) is 0 Å². The second-order valence-corrected chi connectivity index (χ2v) is 7.06. The fourth-order valence-electron chi connectivity index (χ4n) is 2.54. The fourth-order valence-corrected chi connectivity index (χ4v) is 3.67.